The fourth-order valence-electron chi connectivity index (χ4n) is 10.2. The van der Waals surface area contributed by atoms with Crippen molar-refractivity contribution in [1.29, 1.82) is 0 Å². The number of fused-ring (bicyclic) bond motifs is 5. The molecule has 3 fully saturated rings. The van der Waals surface area contributed by atoms with Crippen molar-refractivity contribution in [3.05, 3.63) is 63.7 Å². The third kappa shape index (κ3) is 4.45. The van der Waals surface area contributed by atoms with E-state index < -0.39 is 0 Å². The second-order valence-corrected chi connectivity index (χ2v) is 14.7. The summed E-state index contributed by atoms with van der Waals surface area (Å²) < 4.78 is 6.22. The molecular weight excluding hydrogens is 539 g/mol. The van der Waals surface area contributed by atoms with Crippen molar-refractivity contribution >= 4 is 34.7 Å². The molecule has 5 aliphatic rings. The maximum atomic E-state index is 13.4. The molecule has 0 amide bonds. The predicted octanol–water partition coefficient (Wildman–Crippen LogP) is 9.21. The lowest BCUT2D eigenvalue weighted by molar-refractivity contribution is -0.151. The lowest BCUT2D eigenvalue weighted by atomic mass is 9.47. The van der Waals surface area contributed by atoms with Crippen LogP contribution in [0.5, 0.6) is 0 Å². The summed E-state index contributed by atoms with van der Waals surface area (Å²) in [6.07, 6.45) is 14.1. The van der Waals surface area contributed by atoms with Crippen LogP contribution in [-0.2, 0) is 9.53 Å². The van der Waals surface area contributed by atoms with Gasteiger partial charge in [0.05, 0.1) is 16.1 Å². The van der Waals surface area contributed by atoms with E-state index in [2.05, 4.69) is 33.4 Å². The van der Waals surface area contributed by atoms with Crippen LogP contribution >= 0.6 is 23.2 Å². The highest BCUT2D eigenvalue weighted by Crippen LogP contribution is 2.67. The van der Waals surface area contributed by atoms with Gasteiger partial charge in [0.1, 0.15) is 6.10 Å². The van der Waals surface area contributed by atoms with Gasteiger partial charge in [-0.15, -0.1) is 6.58 Å². The van der Waals surface area contributed by atoms with E-state index in [1.165, 1.54) is 31.3 Å². The van der Waals surface area contributed by atoms with Gasteiger partial charge >= 0.3 is 5.97 Å². The quantitative estimate of drug-likeness (QED) is 0.278. The fourth-order valence-corrected chi connectivity index (χ4v) is 10.6. The number of carbonyl (C=O) groups excluding carboxylic acids is 1. The first-order valence-corrected chi connectivity index (χ1v) is 16.2. The minimum atomic E-state index is -0.241. The first-order chi connectivity index (χ1) is 19.1. The molecule has 1 aromatic carbocycles. The van der Waals surface area contributed by atoms with Crippen LogP contribution in [-0.4, -0.2) is 23.3 Å². The molecular formula is C35H44Cl2O3. The van der Waals surface area contributed by atoms with Crippen molar-refractivity contribution in [3.8, 4) is 0 Å². The summed E-state index contributed by atoms with van der Waals surface area (Å²) >= 11 is 13.1. The van der Waals surface area contributed by atoms with Crippen molar-refractivity contribution in [2.75, 3.05) is 0 Å². The molecule has 0 bridgehead atoms. The third-order valence-electron chi connectivity index (χ3n) is 12.3. The van der Waals surface area contributed by atoms with Gasteiger partial charge in [-0.05, 0) is 115 Å². The molecule has 3 nitrogen and oxygen atoms in total. The van der Waals surface area contributed by atoms with E-state index in [-0.39, 0.29) is 34.9 Å². The Hall–Kier alpha value is -1.55. The molecule has 4 aliphatic carbocycles. The molecule has 9 atom stereocenters. The number of benzene rings is 1. The molecule has 5 heteroatoms. The zero-order chi connectivity index (χ0) is 28.4. The third-order valence-corrected chi connectivity index (χ3v) is 13.1. The molecule has 216 valence electrons. The van der Waals surface area contributed by atoms with Gasteiger partial charge in [-0.1, -0.05) is 73.8 Å². The number of allylic oxidation sites excluding steroid dienone is 2. The summed E-state index contributed by atoms with van der Waals surface area (Å²) in [6.45, 7) is 11.2. The number of esters is 1. The number of carbonyl (C=O) groups is 1. The Balaban J connectivity index is 1.26. The maximum absolute atomic E-state index is 13.4. The number of cyclic esters (lactones) is 1. The van der Waals surface area contributed by atoms with E-state index >= 15 is 0 Å². The number of ether oxygens (including phenoxy) is 1. The minimum absolute atomic E-state index is 0.160. The average Bonchev–Trinajstić information content (AvgIpc) is 3.28. The van der Waals surface area contributed by atoms with Crippen LogP contribution in [0.2, 0.25) is 10.0 Å². The SMILES string of the molecule is C=CCC1=C(c2cccc(Cl)c2Cl)C[C@H]([C@@H](C)[C@H]2CC[C@H]3[C@@H]4CC=C5C[C@@H](O)CC[C@]5(C)[C@H]4CC[C@]23C)OC1=O. The molecule has 40 heavy (non-hydrogen) atoms. The zero-order valence-corrected chi connectivity index (χ0v) is 25.7. The highest BCUT2D eigenvalue weighted by molar-refractivity contribution is 6.43. The summed E-state index contributed by atoms with van der Waals surface area (Å²) in [5.74, 6) is 2.67. The van der Waals surface area contributed by atoms with Gasteiger partial charge in [0.2, 0.25) is 0 Å². The van der Waals surface area contributed by atoms with Gasteiger partial charge in [0.15, 0.2) is 0 Å². The Labute approximate surface area is 250 Å². The number of hydrogen-bond acceptors (Lipinski definition) is 3. The van der Waals surface area contributed by atoms with Crippen molar-refractivity contribution in [2.45, 2.75) is 97.2 Å². The second-order valence-electron chi connectivity index (χ2n) is 13.9. The Morgan fingerprint density at radius 2 is 1.93 bits per heavy atom. The van der Waals surface area contributed by atoms with Crippen LogP contribution in [0.25, 0.3) is 5.57 Å². The molecule has 0 radical (unpaired) electrons. The number of rotatable bonds is 5. The van der Waals surface area contributed by atoms with Crippen molar-refractivity contribution < 1.29 is 14.6 Å². The Kier molecular flexibility index (Phi) is 7.58. The summed E-state index contributed by atoms with van der Waals surface area (Å²) in [5, 5.41) is 11.4. The van der Waals surface area contributed by atoms with Crippen molar-refractivity contribution in [1.82, 2.24) is 0 Å². The van der Waals surface area contributed by atoms with E-state index in [1.54, 1.807) is 12.1 Å². The van der Waals surface area contributed by atoms with Crippen molar-refractivity contribution in [2.24, 2.45) is 40.4 Å². The number of hydrogen-bond donors (Lipinski definition) is 1. The van der Waals surface area contributed by atoms with Crippen LogP contribution < -0.4 is 0 Å². The molecule has 1 N–H and O–H groups in total. The molecule has 0 aromatic heterocycles. The topological polar surface area (TPSA) is 46.5 Å². The lowest BCUT2D eigenvalue weighted by Crippen LogP contribution is -2.51. The van der Waals surface area contributed by atoms with Gasteiger partial charge in [-0.3, -0.25) is 0 Å². The number of aliphatic hydroxyl groups excluding tert-OH is 1. The molecule has 1 heterocycles. The molecule has 1 aromatic rings. The first-order valence-electron chi connectivity index (χ1n) is 15.4. The zero-order valence-electron chi connectivity index (χ0n) is 24.2. The number of aliphatic hydroxyl groups is 1. The Bertz CT molecular complexity index is 1270. The number of halogens is 2. The van der Waals surface area contributed by atoms with E-state index in [1.807, 2.05) is 12.1 Å². The van der Waals surface area contributed by atoms with Crippen LogP contribution in [0.1, 0.15) is 90.5 Å². The summed E-state index contributed by atoms with van der Waals surface area (Å²) in [4.78, 5) is 13.4. The largest absolute Gasteiger partial charge is 0.458 e. The predicted molar refractivity (Wildman–Crippen MR) is 163 cm³/mol. The van der Waals surface area contributed by atoms with E-state index in [9.17, 15) is 9.90 Å². The lowest BCUT2D eigenvalue weighted by Gasteiger charge is -2.58. The molecule has 3 saturated carbocycles. The Morgan fingerprint density at radius 3 is 2.70 bits per heavy atom. The second kappa shape index (κ2) is 10.6. The Morgan fingerprint density at radius 1 is 1.12 bits per heavy atom. The van der Waals surface area contributed by atoms with Crippen LogP contribution in [0.4, 0.5) is 0 Å². The van der Waals surface area contributed by atoms with E-state index in [0.29, 0.717) is 46.2 Å². The minimum Gasteiger partial charge on any atom is -0.458 e. The van der Waals surface area contributed by atoms with Crippen LogP contribution in [0.3, 0.4) is 0 Å². The highest BCUT2D eigenvalue weighted by atomic mass is 35.5. The molecule has 1 aliphatic heterocycles. The summed E-state index contributed by atoms with van der Waals surface area (Å²) in [7, 11) is 0. The van der Waals surface area contributed by atoms with Gasteiger partial charge < -0.3 is 9.84 Å². The van der Waals surface area contributed by atoms with E-state index in [0.717, 1.165) is 42.7 Å². The fraction of sp³-hybridized carbons (Fsp3) is 0.629. The summed E-state index contributed by atoms with van der Waals surface area (Å²) in [6, 6.07) is 5.66. The monoisotopic (exact) mass is 582 g/mol. The van der Waals surface area contributed by atoms with Crippen LogP contribution in [0.15, 0.2) is 48.1 Å². The van der Waals surface area contributed by atoms with Crippen LogP contribution in [0, 0.1) is 40.4 Å². The van der Waals surface area contributed by atoms with E-state index in [4.69, 9.17) is 27.9 Å². The standard InChI is InChI=1S/C35H44Cl2O3/c1-5-7-24-26(23-8-6-9-30(36)32(23)37)19-31(40-33(24)39)20(2)27-12-13-28-25-11-10-21-18-22(38)14-16-34(21,3)29(25)15-17-35(27,28)4/h5-6,8-10,20,22,25,27-29,31,38H,1,7,11-19H2,2-4H3/t20-,22-,25-,27+,28-,29-,31+,34-,35+/m0/s1. The molecule has 6 rings (SSSR count). The van der Waals surface area contributed by atoms with Crippen molar-refractivity contribution in [3.63, 3.8) is 0 Å². The molecule has 0 spiro atoms. The normalized spacial score (nSPS) is 40.0. The van der Waals surface area contributed by atoms with Gasteiger partial charge in [0.25, 0.3) is 0 Å². The molecule has 0 saturated heterocycles. The average molecular weight is 584 g/mol. The highest BCUT2D eigenvalue weighted by Gasteiger charge is 2.60. The van der Waals surface area contributed by atoms with Gasteiger partial charge in [-0.25, -0.2) is 4.79 Å². The van der Waals surface area contributed by atoms with Gasteiger partial charge in [0, 0.05) is 12.0 Å². The maximum Gasteiger partial charge on any atom is 0.334 e. The first kappa shape index (κ1) is 28.6. The smallest absolute Gasteiger partial charge is 0.334 e. The molecule has 0 unspecified atom stereocenters. The van der Waals surface area contributed by atoms with Gasteiger partial charge in [-0.2, -0.15) is 0 Å². The summed E-state index contributed by atoms with van der Waals surface area (Å²) in [5.41, 5.74) is 4.48.